The fourth-order valence-electron chi connectivity index (χ4n) is 2.70. The second-order valence-electron chi connectivity index (χ2n) is 5.38. The van der Waals surface area contributed by atoms with E-state index in [0.717, 1.165) is 30.8 Å². The van der Waals surface area contributed by atoms with Crippen LogP contribution in [0.3, 0.4) is 0 Å². The molecule has 0 aliphatic carbocycles. The summed E-state index contributed by atoms with van der Waals surface area (Å²) in [4.78, 5) is 16.0. The molecule has 2 atom stereocenters. The zero-order valence-electron chi connectivity index (χ0n) is 12.9. The number of hydrogen-bond acceptors (Lipinski definition) is 3. The minimum atomic E-state index is 0.0581. The molecule has 1 aromatic rings. The van der Waals surface area contributed by atoms with Crippen LogP contribution < -0.4 is 5.32 Å². The Hall–Kier alpha value is -0.710. The van der Waals surface area contributed by atoms with Gasteiger partial charge in [0.2, 0.25) is 0 Å². The van der Waals surface area contributed by atoms with E-state index in [1.54, 1.807) is 11.8 Å². The van der Waals surface area contributed by atoms with Gasteiger partial charge in [-0.25, -0.2) is 0 Å². The van der Waals surface area contributed by atoms with E-state index >= 15 is 0 Å². The summed E-state index contributed by atoms with van der Waals surface area (Å²) in [6.07, 6.45) is 3.98. The second kappa shape index (κ2) is 7.52. The number of halogens is 1. The first-order chi connectivity index (χ1) is 10.1. The van der Waals surface area contributed by atoms with Crippen molar-refractivity contribution in [1.82, 2.24) is 10.2 Å². The van der Waals surface area contributed by atoms with E-state index in [0.29, 0.717) is 16.6 Å². The molecule has 1 aromatic carbocycles. The van der Waals surface area contributed by atoms with Gasteiger partial charge >= 0.3 is 0 Å². The zero-order chi connectivity index (χ0) is 15.4. The summed E-state index contributed by atoms with van der Waals surface area (Å²) in [6, 6.07) is 6.30. The van der Waals surface area contributed by atoms with Gasteiger partial charge in [-0.3, -0.25) is 4.79 Å². The van der Waals surface area contributed by atoms with Gasteiger partial charge in [0.05, 0.1) is 10.6 Å². The molecule has 1 aliphatic heterocycles. The van der Waals surface area contributed by atoms with Gasteiger partial charge in [0.1, 0.15) is 0 Å². The number of amides is 1. The van der Waals surface area contributed by atoms with E-state index in [-0.39, 0.29) is 11.9 Å². The van der Waals surface area contributed by atoms with Crippen LogP contribution in [-0.4, -0.2) is 42.2 Å². The smallest absolute Gasteiger partial charge is 0.255 e. The van der Waals surface area contributed by atoms with E-state index in [4.69, 9.17) is 11.6 Å². The molecule has 3 nitrogen and oxygen atoms in total. The van der Waals surface area contributed by atoms with Crippen molar-refractivity contribution in [3.8, 4) is 0 Å². The highest BCUT2D eigenvalue weighted by molar-refractivity contribution is 7.98. The fraction of sp³-hybridized carbons (Fsp3) is 0.562. The normalized spacial score (nSPS) is 22.4. The third-order valence-electron chi connectivity index (χ3n) is 4.13. The SMILES string of the molecule is CCC1CN(C(=O)c2cc(SC)ccc2Cl)C(CC)CN1. The maximum Gasteiger partial charge on any atom is 0.255 e. The van der Waals surface area contributed by atoms with E-state index in [2.05, 4.69) is 19.2 Å². The third-order valence-corrected chi connectivity index (χ3v) is 5.18. The van der Waals surface area contributed by atoms with Crippen LogP contribution in [0.15, 0.2) is 23.1 Å². The molecule has 116 valence electrons. The molecule has 0 aromatic heterocycles. The summed E-state index contributed by atoms with van der Waals surface area (Å²) in [5.74, 6) is 0.0581. The Kier molecular flexibility index (Phi) is 5.97. The molecule has 1 saturated heterocycles. The van der Waals surface area contributed by atoms with Crippen LogP contribution in [0.1, 0.15) is 37.0 Å². The average Bonchev–Trinajstić information content (AvgIpc) is 2.54. The first-order valence-corrected chi connectivity index (χ1v) is 9.08. The number of carbonyl (C=O) groups excluding carboxylic acids is 1. The van der Waals surface area contributed by atoms with Gasteiger partial charge in [-0.2, -0.15) is 0 Å². The van der Waals surface area contributed by atoms with Crippen LogP contribution in [0.2, 0.25) is 5.02 Å². The van der Waals surface area contributed by atoms with Gasteiger partial charge < -0.3 is 10.2 Å². The highest BCUT2D eigenvalue weighted by Crippen LogP contribution is 2.26. The Morgan fingerprint density at radius 1 is 1.43 bits per heavy atom. The minimum Gasteiger partial charge on any atom is -0.333 e. The number of rotatable bonds is 4. The highest BCUT2D eigenvalue weighted by Gasteiger charge is 2.31. The molecule has 1 amide bonds. The molecule has 1 fully saturated rings. The lowest BCUT2D eigenvalue weighted by Gasteiger charge is -2.40. The number of nitrogens with one attached hydrogen (secondary N) is 1. The van der Waals surface area contributed by atoms with Crippen molar-refractivity contribution in [2.45, 2.75) is 43.7 Å². The standard InChI is InChI=1S/C16H23ClN2OS/c1-4-11-10-19(12(5-2)9-18-11)16(20)14-8-13(21-3)6-7-15(14)17/h6-8,11-12,18H,4-5,9-10H2,1-3H3. The van der Waals surface area contributed by atoms with Crippen LogP contribution in [-0.2, 0) is 0 Å². The fourth-order valence-corrected chi connectivity index (χ4v) is 3.34. The van der Waals surface area contributed by atoms with Crippen LogP contribution in [0.4, 0.5) is 0 Å². The van der Waals surface area contributed by atoms with Gasteiger partial charge in [0.25, 0.3) is 5.91 Å². The predicted octanol–water partition coefficient (Wildman–Crippen LogP) is 3.66. The van der Waals surface area contributed by atoms with Gasteiger partial charge in [0.15, 0.2) is 0 Å². The van der Waals surface area contributed by atoms with Crippen molar-refractivity contribution in [1.29, 1.82) is 0 Å². The molecule has 2 unspecified atom stereocenters. The van der Waals surface area contributed by atoms with E-state index in [1.807, 2.05) is 29.4 Å². The number of benzene rings is 1. The molecule has 1 N–H and O–H groups in total. The summed E-state index contributed by atoms with van der Waals surface area (Å²) in [6.45, 7) is 5.89. The van der Waals surface area contributed by atoms with Crippen LogP contribution >= 0.6 is 23.4 Å². The topological polar surface area (TPSA) is 32.3 Å². The maximum absolute atomic E-state index is 12.9. The number of piperazine rings is 1. The molecular formula is C16H23ClN2OS. The Bertz CT molecular complexity index is 509. The molecule has 0 bridgehead atoms. The van der Waals surface area contributed by atoms with Crippen LogP contribution in [0.5, 0.6) is 0 Å². The summed E-state index contributed by atoms with van der Waals surface area (Å²) in [7, 11) is 0. The lowest BCUT2D eigenvalue weighted by Crippen LogP contribution is -2.57. The van der Waals surface area contributed by atoms with Gasteiger partial charge in [-0.15, -0.1) is 11.8 Å². The summed E-state index contributed by atoms with van der Waals surface area (Å²) < 4.78 is 0. The van der Waals surface area contributed by atoms with Crippen molar-refractivity contribution in [3.05, 3.63) is 28.8 Å². The summed E-state index contributed by atoms with van der Waals surface area (Å²) in [5.41, 5.74) is 0.624. The Morgan fingerprint density at radius 3 is 2.81 bits per heavy atom. The van der Waals surface area contributed by atoms with Crippen molar-refractivity contribution in [2.75, 3.05) is 19.3 Å². The molecule has 21 heavy (non-hydrogen) atoms. The highest BCUT2D eigenvalue weighted by atomic mass is 35.5. The lowest BCUT2D eigenvalue weighted by atomic mass is 10.0. The third kappa shape index (κ3) is 3.74. The molecule has 0 radical (unpaired) electrons. The van der Waals surface area contributed by atoms with Crippen LogP contribution in [0, 0.1) is 0 Å². The molecular weight excluding hydrogens is 304 g/mol. The quantitative estimate of drug-likeness (QED) is 0.857. The summed E-state index contributed by atoms with van der Waals surface area (Å²) >= 11 is 7.88. The Morgan fingerprint density at radius 2 is 2.19 bits per heavy atom. The van der Waals surface area contributed by atoms with Crippen molar-refractivity contribution < 1.29 is 4.79 Å². The van der Waals surface area contributed by atoms with Crippen LogP contribution in [0.25, 0.3) is 0 Å². The van der Waals surface area contributed by atoms with Gasteiger partial charge in [-0.05, 0) is 37.3 Å². The average molecular weight is 327 g/mol. The number of thioether (sulfide) groups is 1. The van der Waals surface area contributed by atoms with E-state index in [1.165, 1.54) is 0 Å². The van der Waals surface area contributed by atoms with Gasteiger partial charge in [0, 0.05) is 30.1 Å². The van der Waals surface area contributed by atoms with Gasteiger partial charge in [-0.1, -0.05) is 25.4 Å². The van der Waals surface area contributed by atoms with E-state index < -0.39 is 0 Å². The van der Waals surface area contributed by atoms with E-state index in [9.17, 15) is 4.79 Å². The lowest BCUT2D eigenvalue weighted by molar-refractivity contribution is 0.0576. The number of nitrogens with zero attached hydrogens (tertiary/aromatic N) is 1. The predicted molar refractivity (Wildman–Crippen MR) is 90.4 cm³/mol. The molecule has 0 spiro atoms. The molecule has 1 aliphatic rings. The zero-order valence-corrected chi connectivity index (χ0v) is 14.4. The minimum absolute atomic E-state index is 0.0581. The summed E-state index contributed by atoms with van der Waals surface area (Å²) in [5, 5.41) is 4.05. The monoisotopic (exact) mass is 326 g/mol. The molecule has 5 heteroatoms. The number of hydrogen-bond donors (Lipinski definition) is 1. The molecule has 1 heterocycles. The van der Waals surface area contributed by atoms with Crippen molar-refractivity contribution in [3.63, 3.8) is 0 Å². The first kappa shape index (κ1) is 16.7. The largest absolute Gasteiger partial charge is 0.333 e. The Balaban J connectivity index is 2.27. The Labute approximate surface area is 136 Å². The van der Waals surface area contributed by atoms with Crippen molar-refractivity contribution in [2.24, 2.45) is 0 Å². The second-order valence-corrected chi connectivity index (χ2v) is 6.67. The molecule has 2 rings (SSSR count). The maximum atomic E-state index is 12.9. The van der Waals surface area contributed by atoms with Crippen molar-refractivity contribution >= 4 is 29.3 Å². The number of carbonyl (C=O) groups is 1. The first-order valence-electron chi connectivity index (χ1n) is 7.48. The molecule has 0 saturated carbocycles.